The molecular weight excluding hydrogens is 364 g/mol. The number of rotatable bonds is 4. The fraction of sp³-hybridized carbons (Fsp3) is 0. The number of nitrogens with one attached hydrogen (secondary N) is 3. The molecule has 0 fully saturated rings. The molecule has 2 aromatic heterocycles. The van der Waals surface area contributed by atoms with Crippen molar-refractivity contribution in [3.8, 4) is 0 Å². The number of hydrogen-bond acceptors (Lipinski definition) is 4. The van der Waals surface area contributed by atoms with E-state index in [1.54, 1.807) is 24.3 Å². The molecule has 2 heterocycles. The number of nitrogen functional groups attached to an aromatic ring is 2. The highest BCUT2D eigenvalue weighted by Crippen LogP contribution is 2.22. The van der Waals surface area contributed by atoms with E-state index in [9.17, 15) is 0 Å². The van der Waals surface area contributed by atoms with Gasteiger partial charge in [-0.05, 0) is 54.6 Å². The molecule has 0 saturated carbocycles. The summed E-state index contributed by atoms with van der Waals surface area (Å²) >= 11 is 0. The summed E-state index contributed by atoms with van der Waals surface area (Å²) in [6.07, 6.45) is 3.63. The monoisotopic (exact) mass is 380 g/mol. The molecule has 136 valence electrons. The van der Waals surface area contributed by atoms with E-state index in [1.807, 2.05) is 30.4 Å². The number of furan rings is 1. The van der Waals surface area contributed by atoms with Crippen molar-refractivity contribution in [3.63, 3.8) is 0 Å². The highest BCUT2D eigenvalue weighted by molar-refractivity contribution is 5.99. The van der Waals surface area contributed by atoms with Crippen LogP contribution in [0.15, 0.2) is 46.9 Å². The Balaban J connectivity index is 0.00000210. The molecule has 0 spiro atoms. The molecule has 0 aliphatic carbocycles. The van der Waals surface area contributed by atoms with E-state index in [-0.39, 0.29) is 24.1 Å². The van der Waals surface area contributed by atoms with E-state index in [4.69, 9.17) is 26.7 Å². The molecule has 27 heavy (non-hydrogen) atoms. The minimum Gasteiger partial charge on any atom is -0.457 e. The Labute approximate surface area is 160 Å². The molecule has 4 rings (SSSR count). The van der Waals surface area contributed by atoms with Crippen LogP contribution in [0.5, 0.6) is 0 Å². The topological polar surface area (TPSA) is 142 Å². The van der Waals surface area contributed by atoms with Crippen LogP contribution in [-0.2, 0) is 0 Å². The maximum atomic E-state index is 7.50. The quantitative estimate of drug-likeness (QED) is 0.273. The molecule has 0 radical (unpaired) electrons. The third-order valence-electron chi connectivity index (χ3n) is 4.06. The summed E-state index contributed by atoms with van der Waals surface area (Å²) in [5, 5.41) is 15.9. The number of imidazole rings is 1. The highest BCUT2D eigenvalue weighted by atomic mass is 35.5. The first-order chi connectivity index (χ1) is 12.5. The Morgan fingerprint density at radius 3 is 2.41 bits per heavy atom. The Morgan fingerprint density at radius 2 is 1.67 bits per heavy atom. The smallest absolute Gasteiger partial charge is 0.134 e. The number of nitrogens with zero attached hydrogens (tertiary/aromatic N) is 1. The predicted molar refractivity (Wildman–Crippen MR) is 111 cm³/mol. The summed E-state index contributed by atoms with van der Waals surface area (Å²) in [6.45, 7) is 0. The zero-order chi connectivity index (χ0) is 18.3. The van der Waals surface area contributed by atoms with Crippen LogP contribution in [0, 0.1) is 10.8 Å². The number of hydrogen-bond donors (Lipinski definition) is 5. The van der Waals surface area contributed by atoms with E-state index >= 15 is 0 Å². The van der Waals surface area contributed by atoms with E-state index < -0.39 is 0 Å². The standard InChI is InChI=1S/C19H16N6O.ClH/c20-18(21)10-2-5-16-12(7-10)8-13(26-16)3-6-17-24-14-4-1-11(19(22)23)9-15(14)25-17;/h1-9H,(H3,20,21)(H3,22,23)(H,24,25);1H/b6-3+;. The van der Waals surface area contributed by atoms with Gasteiger partial charge in [-0.1, -0.05) is 0 Å². The lowest BCUT2D eigenvalue weighted by molar-refractivity contribution is 0.604. The van der Waals surface area contributed by atoms with Gasteiger partial charge in [0.15, 0.2) is 0 Å². The normalized spacial score (nSPS) is 11.1. The molecule has 2 aromatic carbocycles. The molecule has 0 saturated heterocycles. The maximum absolute atomic E-state index is 7.50. The first kappa shape index (κ1) is 18.2. The lowest BCUT2D eigenvalue weighted by Crippen LogP contribution is -2.10. The summed E-state index contributed by atoms with van der Waals surface area (Å²) in [7, 11) is 0. The van der Waals surface area contributed by atoms with Gasteiger partial charge in [0, 0.05) is 16.5 Å². The Morgan fingerprint density at radius 1 is 0.963 bits per heavy atom. The Hall–Kier alpha value is -3.58. The number of nitrogens with two attached hydrogens (primary N) is 2. The summed E-state index contributed by atoms with van der Waals surface area (Å²) in [5.41, 5.74) is 14.7. The molecule has 0 atom stereocenters. The Bertz CT molecular complexity index is 1110. The molecule has 7 N–H and O–H groups in total. The van der Waals surface area contributed by atoms with Crippen LogP contribution in [0.4, 0.5) is 0 Å². The first-order valence-corrected chi connectivity index (χ1v) is 7.90. The van der Waals surface area contributed by atoms with Gasteiger partial charge in [-0.15, -0.1) is 12.4 Å². The molecule has 0 unspecified atom stereocenters. The summed E-state index contributed by atoms with van der Waals surface area (Å²) in [4.78, 5) is 7.66. The van der Waals surface area contributed by atoms with Crippen LogP contribution >= 0.6 is 12.4 Å². The van der Waals surface area contributed by atoms with Crippen molar-refractivity contribution in [1.82, 2.24) is 9.97 Å². The number of halogens is 1. The second kappa shape index (κ2) is 6.97. The van der Waals surface area contributed by atoms with Gasteiger partial charge in [0.1, 0.15) is 28.8 Å². The fourth-order valence-electron chi connectivity index (χ4n) is 2.75. The SMILES string of the molecule is Cl.N=C(N)c1ccc2oc(/C=C/c3nc4ccc(C(=N)N)cc4[nH]3)cc2c1. The number of aromatic nitrogens is 2. The van der Waals surface area contributed by atoms with E-state index in [2.05, 4.69) is 9.97 Å². The number of H-pyrrole nitrogens is 1. The van der Waals surface area contributed by atoms with Crippen molar-refractivity contribution in [2.45, 2.75) is 0 Å². The molecule has 7 nitrogen and oxygen atoms in total. The average molecular weight is 381 g/mol. The summed E-state index contributed by atoms with van der Waals surface area (Å²) < 4.78 is 5.76. The van der Waals surface area contributed by atoms with Crippen molar-refractivity contribution in [3.05, 3.63) is 65.2 Å². The molecule has 0 bridgehead atoms. The van der Waals surface area contributed by atoms with Crippen LogP contribution < -0.4 is 11.5 Å². The minimum atomic E-state index is 0. The van der Waals surface area contributed by atoms with Crippen LogP contribution in [-0.4, -0.2) is 21.6 Å². The molecule has 8 heteroatoms. The molecular formula is C19H17ClN6O. The lowest BCUT2D eigenvalue weighted by Gasteiger charge is -1.96. The molecule has 0 amide bonds. The lowest BCUT2D eigenvalue weighted by atomic mass is 10.1. The van der Waals surface area contributed by atoms with Crippen LogP contribution in [0.1, 0.15) is 22.7 Å². The van der Waals surface area contributed by atoms with E-state index in [1.165, 1.54) is 0 Å². The van der Waals surface area contributed by atoms with Crippen molar-refractivity contribution < 1.29 is 4.42 Å². The zero-order valence-electron chi connectivity index (χ0n) is 14.1. The van der Waals surface area contributed by atoms with Crippen molar-refractivity contribution in [1.29, 1.82) is 10.8 Å². The molecule has 0 aliphatic heterocycles. The first-order valence-electron chi connectivity index (χ1n) is 7.90. The molecule has 0 aliphatic rings. The van der Waals surface area contributed by atoms with Crippen LogP contribution in [0.25, 0.3) is 34.2 Å². The third kappa shape index (κ3) is 3.54. The highest BCUT2D eigenvalue weighted by Gasteiger charge is 2.06. The van der Waals surface area contributed by atoms with Gasteiger partial charge >= 0.3 is 0 Å². The van der Waals surface area contributed by atoms with E-state index in [0.29, 0.717) is 22.7 Å². The van der Waals surface area contributed by atoms with Crippen LogP contribution in [0.3, 0.4) is 0 Å². The van der Waals surface area contributed by atoms with Gasteiger partial charge in [-0.25, -0.2) is 4.98 Å². The van der Waals surface area contributed by atoms with E-state index in [0.717, 1.165) is 22.0 Å². The number of benzene rings is 2. The second-order valence-corrected chi connectivity index (χ2v) is 5.92. The van der Waals surface area contributed by atoms with Gasteiger partial charge in [0.05, 0.1) is 11.0 Å². The van der Waals surface area contributed by atoms with Crippen molar-refractivity contribution in [2.24, 2.45) is 11.5 Å². The van der Waals surface area contributed by atoms with Gasteiger partial charge in [-0.2, -0.15) is 0 Å². The van der Waals surface area contributed by atoms with Crippen molar-refractivity contribution in [2.75, 3.05) is 0 Å². The number of fused-ring (bicyclic) bond motifs is 2. The van der Waals surface area contributed by atoms with Gasteiger partial charge in [0.2, 0.25) is 0 Å². The number of aromatic amines is 1. The zero-order valence-corrected chi connectivity index (χ0v) is 14.9. The minimum absolute atomic E-state index is 0. The number of amidine groups is 2. The Kier molecular flexibility index (Phi) is 4.70. The average Bonchev–Trinajstić information content (AvgIpc) is 3.21. The third-order valence-corrected chi connectivity index (χ3v) is 4.06. The maximum Gasteiger partial charge on any atom is 0.134 e. The van der Waals surface area contributed by atoms with Gasteiger partial charge < -0.3 is 20.9 Å². The predicted octanol–water partition coefficient (Wildman–Crippen LogP) is 3.47. The van der Waals surface area contributed by atoms with Gasteiger partial charge in [0.25, 0.3) is 0 Å². The summed E-state index contributed by atoms with van der Waals surface area (Å²) in [6, 6.07) is 12.7. The van der Waals surface area contributed by atoms with Crippen molar-refractivity contribution >= 4 is 58.2 Å². The fourth-order valence-corrected chi connectivity index (χ4v) is 2.75. The van der Waals surface area contributed by atoms with Gasteiger partial charge in [-0.3, -0.25) is 10.8 Å². The van der Waals surface area contributed by atoms with Crippen LogP contribution in [0.2, 0.25) is 0 Å². The largest absolute Gasteiger partial charge is 0.457 e. The summed E-state index contributed by atoms with van der Waals surface area (Å²) in [5.74, 6) is 1.39. The second-order valence-electron chi connectivity index (χ2n) is 5.92. The molecule has 4 aromatic rings.